The molecule has 0 heterocycles. The smallest absolute Gasteiger partial charge is 0.373 e. The highest BCUT2D eigenvalue weighted by atomic mass is 35.5. The maximum Gasteiger partial charge on any atom is 0.418 e. The molecule has 2 N–H and O–H groups in total. The number of hydrogen-bond acceptors (Lipinski definition) is 2. The molecular formula is C13H16ClF3N2O. The van der Waals surface area contributed by atoms with Crippen LogP contribution in [0.4, 0.5) is 18.9 Å². The number of anilines is 1. The Morgan fingerprint density at radius 3 is 2.60 bits per heavy atom. The average Bonchev–Trinajstić information content (AvgIpc) is 2.36. The largest absolute Gasteiger partial charge is 0.418 e. The second kappa shape index (κ2) is 6.83. The highest BCUT2D eigenvalue weighted by Crippen LogP contribution is 2.36. The van der Waals surface area contributed by atoms with Crippen LogP contribution in [0.15, 0.2) is 18.2 Å². The van der Waals surface area contributed by atoms with E-state index in [4.69, 9.17) is 11.6 Å². The first-order chi connectivity index (χ1) is 9.25. The Hall–Kier alpha value is -1.43. The first-order valence-electron chi connectivity index (χ1n) is 6.16. The van der Waals surface area contributed by atoms with Crippen molar-refractivity contribution >= 4 is 23.2 Å². The molecular weight excluding hydrogens is 293 g/mol. The summed E-state index contributed by atoms with van der Waals surface area (Å²) < 4.78 is 38.7. The van der Waals surface area contributed by atoms with Crippen molar-refractivity contribution in [2.45, 2.75) is 32.5 Å². The summed E-state index contributed by atoms with van der Waals surface area (Å²) in [4.78, 5) is 11.7. The van der Waals surface area contributed by atoms with Crippen molar-refractivity contribution in [2.75, 3.05) is 11.9 Å². The summed E-state index contributed by atoms with van der Waals surface area (Å²) in [5, 5.41) is 5.17. The maximum atomic E-state index is 12.9. The van der Waals surface area contributed by atoms with Gasteiger partial charge >= 0.3 is 6.18 Å². The molecule has 7 heteroatoms. The molecule has 1 atom stereocenters. The molecule has 0 spiro atoms. The summed E-state index contributed by atoms with van der Waals surface area (Å²) in [6.45, 7) is 3.87. The molecule has 1 rings (SSSR count). The summed E-state index contributed by atoms with van der Waals surface area (Å²) in [5.74, 6) is -0.352. The third-order valence-corrected chi connectivity index (χ3v) is 2.84. The number of amides is 1. The molecule has 0 aromatic heterocycles. The van der Waals surface area contributed by atoms with E-state index in [0.29, 0.717) is 6.54 Å². The van der Waals surface area contributed by atoms with Crippen LogP contribution in [-0.4, -0.2) is 18.5 Å². The highest BCUT2D eigenvalue weighted by Gasteiger charge is 2.34. The van der Waals surface area contributed by atoms with E-state index in [1.54, 1.807) is 0 Å². The zero-order valence-electron chi connectivity index (χ0n) is 11.1. The van der Waals surface area contributed by atoms with E-state index in [-0.39, 0.29) is 16.6 Å². The molecule has 0 saturated carbocycles. The number of alkyl halides is 3. The zero-order chi connectivity index (χ0) is 15.3. The van der Waals surface area contributed by atoms with Gasteiger partial charge in [0.05, 0.1) is 5.56 Å². The Bertz CT molecular complexity index is 477. The predicted octanol–water partition coefficient (Wildman–Crippen LogP) is 3.69. The molecule has 1 amide bonds. The van der Waals surface area contributed by atoms with Crippen molar-refractivity contribution in [3.8, 4) is 0 Å². The van der Waals surface area contributed by atoms with Crippen LogP contribution < -0.4 is 10.6 Å². The van der Waals surface area contributed by atoms with Gasteiger partial charge in [0, 0.05) is 17.3 Å². The molecule has 20 heavy (non-hydrogen) atoms. The molecule has 112 valence electrons. The van der Waals surface area contributed by atoms with Gasteiger partial charge in [-0.05, 0) is 31.5 Å². The molecule has 0 aliphatic heterocycles. The van der Waals surface area contributed by atoms with Crippen LogP contribution in [0.2, 0.25) is 5.02 Å². The van der Waals surface area contributed by atoms with E-state index in [9.17, 15) is 18.0 Å². The zero-order valence-corrected chi connectivity index (χ0v) is 11.9. The van der Waals surface area contributed by atoms with Crippen LogP contribution in [0.5, 0.6) is 0 Å². The molecule has 0 aliphatic carbocycles. The summed E-state index contributed by atoms with van der Waals surface area (Å²) in [6, 6.07) is 2.62. The summed E-state index contributed by atoms with van der Waals surface area (Å²) in [7, 11) is 0. The van der Waals surface area contributed by atoms with Gasteiger partial charge < -0.3 is 10.6 Å². The van der Waals surface area contributed by atoms with Gasteiger partial charge in [0.15, 0.2) is 0 Å². The third kappa shape index (κ3) is 4.59. The van der Waals surface area contributed by atoms with Gasteiger partial charge in [-0.15, -0.1) is 0 Å². The fraction of sp³-hybridized carbons (Fsp3) is 0.462. The van der Waals surface area contributed by atoms with Crippen LogP contribution in [0.3, 0.4) is 0 Å². The van der Waals surface area contributed by atoms with Gasteiger partial charge in [0.2, 0.25) is 5.91 Å². The topological polar surface area (TPSA) is 41.1 Å². The number of benzene rings is 1. The monoisotopic (exact) mass is 308 g/mol. The number of carbonyl (C=O) groups excluding carboxylic acids is 1. The van der Waals surface area contributed by atoms with Crippen molar-refractivity contribution in [1.29, 1.82) is 0 Å². The first kappa shape index (κ1) is 16.6. The van der Waals surface area contributed by atoms with Crippen LogP contribution in [0.25, 0.3) is 0 Å². The summed E-state index contributed by atoms with van der Waals surface area (Å²) in [6.07, 6.45) is -3.78. The third-order valence-electron chi connectivity index (χ3n) is 2.60. The number of halogens is 4. The van der Waals surface area contributed by atoms with Crippen LogP contribution in [0.1, 0.15) is 25.8 Å². The molecule has 0 aliphatic rings. The van der Waals surface area contributed by atoms with Gasteiger partial charge in [-0.1, -0.05) is 18.5 Å². The Morgan fingerprint density at radius 2 is 2.05 bits per heavy atom. The summed E-state index contributed by atoms with van der Waals surface area (Å²) >= 11 is 5.58. The van der Waals surface area contributed by atoms with Gasteiger partial charge in [-0.25, -0.2) is 0 Å². The highest BCUT2D eigenvalue weighted by molar-refractivity contribution is 6.30. The van der Waals surface area contributed by atoms with Gasteiger partial charge in [0.1, 0.15) is 6.04 Å². The van der Waals surface area contributed by atoms with Crippen molar-refractivity contribution in [2.24, 2.45) is 0 Å². The second-order valence-corrected chi connectivity index (χ2v) is 4.78. The molecule has 0 radical (unpaired) electrons. The number of carbonyl (C=O) groups is 1. The maximum absolute atomic E-state index is 12.9. The minimum Gasteiger partial charge on any atom is -0.373 e. The molecule has 0 saturated heterocycles. The van der Waals surface area contributed by atoms with E-state index >= 15 is 0 Å². The van der Waals surface area contributed by atoms with Crippen LogP contribution in [0, 0.1) is 0 Å². The summed E-state index contributed by atoms with van der Waals surface area (Å²) in [5.41, 5.74) is -1.05. The molecule has 0 fully saturated rings. The van der Waals surface area contributed by atoms with Crippen molar-refractivity contribution in [1.82, 2.24) is 5.32 Å². The van der Waals surface area contributed by atoms with Crippen LogP contribution in [-0.2, 0) is 11.0 Å². The Balaban J connectivity index is 2.89. The van der Waals surface area contributed by atoms with Gasteiger partial charge in [-0.3, -0.25) is 4.79 Å². The van der Waals surface area contributed by atoms with E-state index in [0.717, 1.165) is 12.5 Å². The number of hydrogen-bond donors (Lipinski definition) is 2. The SMILES string of the molecule is CCCNC(=O)C(C)Nc1ccc(Cl)cc1C(F)(F)F. The van der Waals surface area contributed by atoms with E-state index in [1.807, 2.05) is 6.92 Å². The molecule has 0 bridgehead atoms. The van der Waals surface area contributed by atoms with Crippen molar-refractivity contribution in [3.05, 3.63) is 28.8 Å². The van der Waals surface area contributed by atoms with E-state index < -0.39 is 17.8 Å². The fourth-order valence-electron chi connectivity index (χ4n) is 1.58. The molecule has 3 nitrogen and oxygen atoms in total. The Kier molecular flexibility index (Phi) is 5.68. The lowest BCUT2D eigenvalue weighted by molar-refractivity contribution is -0.137. The molecule has 1 aromatic rings. The standard InChI is InChI=1S/C13H16ClF3N2O/c1-3-6-18-12(20)8(2)19-11-5-4-9(14)7-10(11)13(15,16)17/h4-5,7-8,19H,3,6H2,1-2H3,(H,18,20). The quantitative estimate of drug-likeness (QED) is 0.871. The average molecular weight is 309 g/mol. The second-order valence-electron chi connectivity index (χ2n) is 4.34. The lowest BCUT2D eigenvalue weighted by atomic mass is 10.1. The number of rotatable bonds is 5. The van der Waals surface area contributed by atoms with Crippen LogP contribution >= 0.6 is 11.6 Å². The predicted molar refractivity (Wildman–Crippen MR) is 72.8 cm³/mol. The Labute approximate surface area is 120 Å². The minimum atomic E-state index is -4.53. The van der Waals surface area contributed by atoms with Gasteiger partial charge in [0.25, 0.3) is 0 Å². The Morgan fingerprint density at radius 1 is 1.40 bits per heavy atom. The van der Waals surface area contributed by atoms with E-state index in [1.165, 1.54) is 19.1 Å². The lowest BCUT2D eigenvalue weighted by Gasteiger charge is -2.19. The van der Waals surface area contributed by atoms with Gasteiger partial charge in [-0.2, -0.15) is 13.2 Å². The lowest BCUT2D eigenvalue weighted by Crippen LogP contribution is -2.38. The normalized spacial score (nSPS) is 12.9. The molecule has 1 aromatic carbocycles. The minimum absolute atomic E-state index is 0.00837. The number of nitrogens with one attached hydrogen (secondary N) is 2. The van der Waals surface area contributed by atoms with E-state index in [2.05, 4.69) is 10.6 Å². The molecule has 1 unspecified atom stereocenters. The van der Waals surface area contributed by atoms with Crippen molar-refractivity contribution in [3.63, 3.8) is 0 Å². The first-order valence-corrected chi connectivity index (χ1v) is 6.54. The fourth-order valence-corrected chi connectivity index (χ4v) is 1.75. The van der Waals surface area contributed by atoms with Crippen molar-refractivity contribution < 1.29 is 18.0 Å².